The van der Waals surface area contributed by atoms with Gasteiger partial charge in [0, 0.05) is 10.9 Å². The van der Waals surface area contributed by atoms with Gasteiger partial charge in [0.05, 0.1) is 25.6 Å². The molecular formula is C20H22BrFN5O7P. The highest BCUT2D eigenvalue weighted by molar-refractivity contribution is 9.10. The van der Waals surface area contributed by atoms with Crippen molar-refractivity contribution in [3.05, 3.63) is 46.7 Å². The number of ether oxygens (including phenoxy) is 1. The lowest BCUT2D eigenvalue weighted by Gasteiger charge is -2.30. The molecule has 0 spiro atoms. The van der Waals surface area contributed by atoms with Gasteiger partial charge >= 0.3 is 7.82 Å². The molecule has 0 amide bonds. The Hall–Kier alpha value is -2.03. The van der Waals surface area contributed by atoms with Crippen LogP contribution in [0.3, 0.4) is 0 Å². The zero-order chi connectivity index (χ0) is 25.0. The van der Waals surface area contributed by atoms with E-state index < -0.39 is 50.4 Å². The molecular weight excluding hydrogens is 552 g/mol. The van der Waals surface area contributed by atoms with Gasteiger partial charge in [0.2, 0.25) is 0 Å². The SMILES string of the molecule is C[C@@]1(O)[C@H](O)[C@@H](COP2(=O)OCC[C@@H](c3cc(F)ccc3Br)O2)O[C@H]1n1cnc2c(N)ncnc21. The van der Waals surface area contributed by atoms with E-state index in [1.165, 1.54) is 42.3 Å². The van der Waals surface area contributed by atoms with Crippen molar-refractivity contribution in [2.24, 2.45) is 0 Å². The van der Waals surface area contributed by atoms with Gasteiger partial charge in [-0.05, 0) is 30.7 Å². The third kappa shape index (κ3) is 4.49. The van der Waals surface area contributed by atoms with E-state index in [0.29, 0.717) is 27.6 Å². The van der Waals surface area contributed by atoms with Crippen LogP contribution >= 0.6 is 23.8 Å². The molecule has 0 saturated carbocycles. The maximum atomic E-state index is 13.7. The van der Waals surface area contributed by atoms with Crippen LogP contribution < -0.4 is 5.73 Å². The smallest absolute Gasteiger partial charge is 0.387 e. The Morgan fingerprint density at radius 2 is 2.20 bits per heavy atom. The Morgan fingerprint density at radius 3 is 3.00 bits per heavy atom. The first-order chi connectivity index (χ1) is 16.6. The van der Waals surface area contributed by atoms with Crippen molar-refractivity contribution in [3.8, 4) is 0 Å². The number of halogens is 2. The highest BCUT2D eigenvalue weighted by atomic mass is 79.9. The summed E-state index contributed by atoms with van der Waals surface area (Å²) in [6.07, 6.45) is -1.47. The fourth-order valence-electron chi connectivity index (χ4n) is 4.14. The van der Waals surface area contributed by atoms with Gasteiger partial charge < -0.3 is 20.7 Å². The third-order valence-electron chi connectivity index (χ3n) is 5.98. The first-order valence-electron chi connectivity index (χ1n) is 10.6. The number of fused-ring (bicyclic) bond motifs is 1. The van der Waals surface area contributed by atoms with Crippen LogP contribution in [-0.4, -0.2) is 60.8 Å². The number of nitrogens with two attached hydrogens (primary N) is 1. The summed E-state index contributed by atoms with van der Waals surface area (Å²) < 4.78 is 51.0. The molecule has 2 saturated heterocycles. The predicted octanol–water partition coefficient (Wildman–Crippen LogP) is 2.62. The van der Waals surface area contributed by atoms with E-state index >= 15 is 0 Å². The summed E-state index contributed by atoms with van der Waals surface area (Å²) in [7, 11) is -4.09. The van der Waals surface area contributed by atoms with Crippen LogP contribution in [0.5, 0.6) is 0 Å². The fourth-order valence-corrected chi connectivity index (χ4v) is 6.02. The average Bonchev–Trinajstić information content (AvgIpc) is 3.34. The second-order valence-electron chi connectivity index (χ2n) is 8.41. The van der Waals surface area contributed by atoms with Gasteiger partial charge in [0.1, 0.15) is 35.5 Å². The minimum absolute atomic E-state index is 0.0431. The number of rotatable bonds is 5. The van der Waals surface area contributed by atoms with Crippen LogP contribution in [0.4, 0.5) is 10.2 Å². The molecule has 2 aromatic heterocycles. The van der Waals surface area contributed by atoms with Crippen molar-refractivity contribution >= 4 is 40.7 Å². The van der Waals surface area contributed by atoms with Crippen molar-refractivity contribution in [3.63, 3.8) is 0 Å². The molecule has 12 nitrogen and oxygen atoms in total. The molecule has 6 atom stereocenters. The lowest BCUT2D eigenvalue weighted by atomic mass is 9.96. The van der Waals surface area contributed by atoms with Crippen LogP contribution in [0.1, 0.15) is 31.2 Å². The number of hydrogen-bond donors (Lipinski definition) is 3. The van der Waals surface area contributed by atoms with Gasteiger partial charge in [-0.2, -0.15) is 0 Å². The number of benzene rings is 1. The van der Waals surface area contributed by atoms with Crippen molar-refractivity contribution in [1.29, 1.82) is 0 Å². The summed E-state index contributed by atoms with van der Waals surface area (Å²) in [6.45, 7) is 0.999. The third-order valence-corrected chi connectivity index (χ3v) is 8.18. The summed E-state index contributed by atoms with van der Waals surface area (Å²) >= 11 is 3.34. The summed E-state index contributed by atoms with van der Waals surface area (Å²) in [5.74, 6) is -0.320. The predicted molar refractivity (Wildman–Crippen MR) is 122 cm³/mol. The van der Waals surface area contributed by atoms with Gasteiger partial charge in [0.15, 0.2) is 17.7 Å². The molecule has 2 aliphatic rings. The molecule has 0 bridgehead atoms. The number of imidazole rings is 1. The maximum Gasteiger partial charge on any atom is 0.475 e. The summed E-state index contributed by atoms with van der Waals surface area (Å²) in [6, 6.07) is 4.09. The standard InChI is InChI=1S/C20H22BrFN5O7P/c1-20(29)16(28)14(33-19(20)27-9-26-15-17(23)24-8-25-18(15)27)7-32-35(30)31-5-4-13(34-35)11-6-10(22)2-3-12(11)21/h2-3,6,8-9,13-14,16,19,28-29H,4-5,7H2,1H3,(H2,23,24,25)/t13-,14+,16+,19+,20+,35?/m0/s1. The number of phosphoric ester groups is 1. The first kappa shape index (κ1) is 24.7. The van der Waals surface area contributed by atoms with Crippen LogP contribution in [0.25, 0.3) is 11.2 Å². The van der Waals surface area contributed by atoms with Crippen LogP contribution in [0.15, 0.2) is 35.3 Å². The van der Waals surface area contributed by atoms with Crippen LogP contribution in [0.2, 0.25) is 0 Å². The van der Waals surface area contributed by atoms with Gasteiger partial charge in [-0.3, -0.25) is 18.1 Å². The van der Waals surface area contributed by atoms with Gasteiger partial charge in [0.25, 0.3) is 0 Å². The van der Waals surface area contributed by atoms with E-state index in [1.54, 1.807) is 0 Å². The Labute approximate surface area is 206 Å². The average molecular weight is 574 g/mol. The largest absolute Gasteiger partial charge is 0.475 e. The Balaban J connectivity index is 1.32. The van der Waals surface area contributed by atoms with E-state index in [-0.39, 0.29) is 12.4 Å². The molecule has 2 aliphatic heterocycles. The maximum absolute atomic E-state index is 13.7. The number of nitrogen functional groups attached to an aromatic ring is 1. The molecule has 5 rings (SSSR count). The van der Waals surface area contributed by atoms with E-state index in [9.17, 15) is 19.2 Å². The monoisotopic (exact) mass is 573 g/mol. The lowest BCUT2D eigenvalue weighted by molar-refractivity contribution is -0.0953. The summed E-state index contributed by atoms with van der Waals surface area (Å²) in [5.41, 5.74) is 5.10. The fraction of sp³-hybridized carbons (Fsp3) is 0.450. The molecule has 4 N–H and O–H groups in total. The normalized spacial score (nSPS) is 33.4. The van der Waals surface area contributed by atoms with E-state index in [0.717, 1.165) is 0 Å². The number of phosphoric acid groups is 1. The second-order valence-corrected chi connectivity index (χ2v) is 10.9. The highest BCUT2D eigenvalue weighted by Crippen LogP contribution is 2.58. The number of aliphatic hydroxyl groups excluding tert-OH is 1. The molecule has 2 fully saturated rings. The molecule has 0 radical (unpaired) electrons. The number of hydrogen-bond acceptors (Lipinski definition) is 11. The first-order valence-corrected chi connectivity index (χ1v) is 12.9. The van der Waals surface area contributed by atoms with Crippen molar-refractivity contribution in [2.45, 2.75) is 43.5 Å². The van der Waals surface area contributed by atoms with Crippen molar-refractivity contribution < 1.29 is 37.5 Å². The van der Waals surface area contributed by atoms with Crippen LogP contribution in [0, 0.1) is 5.82 Å². The zero-order valence-corrected chi connectivity index (χ0v) is 20.8. The molecule has 188 valence electrons. The van der Waals surface area contributed by atoms with E-state index in [2.05, 4.69) is 30.9 Å². The van der Waals surface area contributed by atoms with Crippen LogP contribution in [-0.2, 0) is 22.9 Å². The lowest BCUT2D eigenvalue weighted by Crippen LogP contribution is -2.44. The van der Waals surface area contributed by atoms with E-state index in [1.807, 2.05) is 0 Å². The zero-order valence-electron chi connectivity index (χ0n) is 18.3. The number of anilines is 1. The van der Waals surface area contributed by atoms with Gasteiger partial charge in [-0.25, -0.2) is 23.9 Å². The Morgan fingerprint density at radius 1 is 1.40 bits per heavy atom. The number of aromatic nitrogens is 4. The number of aliphatic hydroxyl groups is 2. The quantitative estimate of drug-likeness (QED) is 0.384. The molecule has 4 heterocycles. The topological polar surface area (TPSA) is 164 Å². The van der Waals surface area contributed by atoms with Gasteiger partial charge in [-0.1, -0.05) is 15.9 Å². The summed E-state index contributed by atoms with van der Waals surface area (Å²) in [5, 5.41) is 21.8. The molecule has 15 heteroatoms. The minimum Gasteiger partial charge on any atom is -0.387 e. The van der Waals surface area contributed by atoms with Gasteiger partial charge in [-0.15, -0.1) is 0 Å². The second kappa shape index (κ2) is 9.12. The number of nitrogens with zero attached hydrogens (tertiary/aromatic N) is 4. The molecule has 3 aromatic rings. The molecule has 1 unspecified atom stereocenters. The molecule has 1 aromatic carbocycles. The Bertz CT molecular complexity index is 1310. The van der Waals surface area contributed by atoms with Crippen molar-refractivity contribution in [1.82, 2.24) is 19.5 Å². The van der Waals surface area contributed by atoms with Crippen molar-refractivity contribution in [2.75, 3.05) is 18.9 Å². The minimum atomic E-state index is -4.09. The summed E-state index contributed by atoms with van der Waals surface area (Å²) in [4.78, 5) is 12.2. The molecule has 0 aliphatic carbocycles. The highest BCUT2D eigenvalue weighted by Gasteiger charge is 2.54. The van der Waals surface area contributed by atoms with E-state index in [4.69, 9.17) is 24.0 Å². The molecule has 35 heavy (non-hydrogen) atoms. The Kier molecular flexibility index (Phi) is 6.43.